The third kappa shape index (κ3) is 5.45. The van der Waals surface area contributed by atoms with Gasteiger partial charge in [0.2, 0.25) is 5.91 Å². The molecule has 0 spiro atoms. The number of benzene rings is 3. The molecule has 7 nitrogen and oxygen atoms in total. The lowest BCUT2D eigenvalue weighted by molar-refractivity contribution is -0.119. The standard InChI is InChI=1S/C24H19FN4O3S/c25-18-12-10-16(11-13-18)14-29-23(32)19-8-4-5-9-20(19)26-24(29)33-15-21(30)27-28-22(31)17-6-2-1-3-7-17/h1-13H,14-15H2,(H,27,30)(H,28,31). The molecule has 2 N–H and O–H groups in total. The van der Waals surface area contributed by atoms with Gasteiger partial charge in [-0.05, 0) is 42.0 Å². The number of amides is 2. The zero-order chi connectivity index (χ0) is 23.2. The number of para-hydroxylation sites is 1. The molecule has 0 unspecified atom stereocenters. The molecule has 166 valence electrons. The van der Waals surface area contributed by atoms with Crippen LogP contribution in [0.5, 0.6) is 0 Å². The van der Waals surface area contributed by atoms with E-state index in [0.717, 1.165) is 17.3 Å². The molecule has 0 radical (unpaired) electrons. The molecule has 33 heavy (non-hydrogen) atoms. The number of nitrogens with one attached hydrogen (secondary N) is 2. The molecular weight excluding hydrogens is 443 g/mol. The smallest absolute Gasteiger partial charge is 0.269 e. The van der Waals surface area contributed by atoms with Gasteiger partial charge in [0, 0.05) is 5.56 Å². The van der Waals surface area contributed by atoms with Gasteiger partial charge in [-0.2, -0.15) is 0 Å². The van der Waals surface area contributed by atoms with Crippen LogP contribution in [0, 0.1) is 5.82 Å². The summed E-state index contributed by atoms with van der Waals surface area (Å²) in [6.45, 7) is 0.172. The van der Waals surface area contributed by atoms with Crippen LogP contribution in [-0.4, -0.2) is 27.1 Å². The average molecular weight is 463 g/mol. The Bertz CT molecular complexity index is 1360. The lowest BCUT2D eigenvalue weighted by Crippen LogP contribution is -2.42. The van der Waals surface area contributed by atoms with Gasteiger partial charge < -0.3 is 0 Å². The summed E-state index contributed by atoms with van der Waals surface area (Å²) in [5.41, 5.74) is 6.11. The molecular formula is C24H19FN4O3S. The van der Waals surface area contributed by atoms with E-state index in [2.05, 4.69) is 15.8 Å². The minimum atomic E-state index is -0.458. The van der Waals surface area contributed by atoms with Gasteiger partial charge in [0.25, 0.3) is 11.5 Å². The maximum absolute atomic E-state index is 13.3. The number of rotatable bonds is 6. The molecule has 1 aromatic heterocycles. The number of carbonyl (C=O) groups is 2. The van der Waals surface area contributed by atoms with E-state index in [1.807, 2.05) is 0 Å². The van der Waals surface area contributed by atoms with E-state index in [-0.39, 0.29) is 23.7 Å². The zero-order valence-electron chi connectivity index (χ0n) is 17.3. The van der Waals surface area contributed by atoms with Crippen molar-refractivity contribution in [2.45, 2.75) is 11.7 Å². The van der Waals surface area contributed by atoms with Crippen molar-refractivity contribution in [3.05, 3.63) is 106 Å². The van der Waals surface area contributed by atoms with Gasteiger partial charge in [0.1, 0.15) is 5.82 Å². The highest BCUT2D eigenvalue weighted by Gasteiger charge is 2.14. The van der Waals surface area contributed by atoms with E-state index >= 15 is 0 Å². The molecule has 4 rings (SSSR count). The number of thioether (sulfide) groups is 1. The molecule has 3 aromatic carbocycles. The predicted octanol–water partition coefficient (Wildman–Crippen LogP) is 3.14. The highest BCUT2D eigenvalue weighted by atomic mass is 32.2. The summed E-state index contributed by atoms with van der Waals surface area (Å²) in [5, 5.41) is 0.788. The number of hydrazine groups is 1. The summed E-state index contributed by atoms with van der Waals surface area (Å²) in [7, 11) is 0. The molecule has 0 fully saturated rings. The number of fused-ring (bicyclic) bond motifs is 1. The summed E-state index contributed by atoms with van der Waals surface area (Å²) >= 11 is 1.07. The molecule has 0 aliphatic heterocycles. The summed E-state index contributed by atoms with van der Waals surface area (Å²) in [6.07, 6.45) is 0. The van der Waals surface area contributed by atoms with Gasteiger partial charge >= 0.3 is 0 Å². The monoisotopic (exact) mass is 462 g/mol. The van der Waals surface area contributed by atoms with Crippen molar-refractivity contribution in [1.29, 1.82) is 0 Å². The second kappa shape index (κ2) is 10.1. The van der Waals surface area contributed by atoms with Crippen LogP contribution < -0.4 is 16.4 Å². The van der Waals surface area contributed by atoms with Gasteiger partial charge in [-0.3, -0.25) is 29.8 Å². The molecule has 1 heterocycles. The third-order valence-corrected chi connectivity index (χ3v) is 5.74. The van der Waals surface area contributed by atoms with Crippen LogP contribution in [-0.2, 0) is 11.3 Å². The molecule has 9 heteroatoms. The molecule has 0 saturated heterocycles. The van der Waals surface area contributed by atoms with Crippen molar-refractivity contribution in [3.63, 3.8) is 0 Å². The van der Waals surface area contributed by atoms with Crippen molar-refractivity contribution >= 4 is 34.5 Å². The third-order valence-electron chi connectivity index (χ3n) is 4.76. The lowest BCUT2D eigenvalue weighted by Gasteiger charge is -2.13. The number of nitrogens with zero attached hydrogens (tertiary/aromatic N) is 2. The van der Waals surface area contributed by atoms with E-state index in [4.69, 9.17) is 0 Å². The minimum Gasteiger partial charge on any atom is -0.283 e. The Morgan fingerprint density at radius 3 is 2.36 bits per heavy atom. The quantitative estimate of drug-likeness (QED) is 0.261. The van der Waals surface area contributed by atoms with Crippen LogP contribution in [0.2, 0.25) is 0 Å². The van der Waals surface area contributed by atoms with Crippen molar-refractivity contribution in [2.75, 3.05) is 5.75 Å². The summed E-state index contributed by atoms with van der Waals surface area (Å²) < 4.78 is 14.7. The average Bonchev–Trinajstić information content (AvgIpc) is 2.85. The van der Waals surface area contributed by atoms with Gasteiger partial charge in [-0.15, -0.1) is 0 Å². The maximum Gasteiger partial charge on any atom is 0.269 e. The number of hydrogen-bond acceptors (Lipinski definition) is 5. The maximum atomic E-state index is 13.3. The molecule has 0 saturated carbocycles. The Labute approximate surface area is 192 Å². The molecule has 0 bridgehead atoms. The topological polar surface area (TPSA) is 93.1 Å². The largest absolute Gasteiger partial charge is 0.283 e. The second-order valence-corrected chi connectivity index (χ2v) is 8.03. The molecule has 0 aliphatic carbocycles. The van der Waals surface area contributed by atoms with Crippen molar-refractivity contribution < 1.29 is 14.0 Å². The fourth-order valence-electron chi connectivity index (χ4n) is 3.12. The Hall–Kier alpha value is -3.98. The van der Waals surface area contributed by atoms with E-state index in [0.29, 0.717) is 21.6 Å². The highest BCUT2D eigenvalue weighted by molar-refractivity contribution is 7.99. The first-order valence-electron chi connectivity index (χ1n) is 10.0. The molecule has 2 amide bonds. The number of halogens is 1. The van der Waals surface area contributed by atoms with Gasteiger partial charge in [-0.25, -0.2) is 9.37 Å². The number of hydrogen-bond donors (Lipinski definition) is 2. The molecule has 4 aromatic rings. The van der Waals surface area contributed by atoms with Crippen LogP contribution in [0.4, 0.5) is 4.39 Å². The Morgan fingerprint density at radius 2 is 1.61 bits per heavy atom. The highest BCUT2D eigenvalue weighted by Crippen LogP contribution is 2.19. The van der Waals surface area contributed by atoms with Crippen molar-refractivity contribution in [3.8, 4) is 0 Å². The lowest BCUT2D eigenvalue weighted by atomic mass is 10.2. The van der Waals surface area contributed by atoms with Gasteiger partial charge in [-0.1, -0.05) is 54.2 Å². The van der Waals surface area contributed by atoms with Crippen LogP contribution in [0.1, 0.15) is 15.9 Å². The van der Waals surface area contributed by atoms with Crippen molar-refractivity contribution in [2.24, 2.45) is 0 Å². The van der Waals surface area contributed by atoms with Gasteiger partial charge in [0.05, 0.1) is 23.2 Å². The fraction of sp³-hybridized carbons (Fsp3) is 0.0833. The van der Waals surface area contributed by atoms with Crippen LogP contribution in [0.15, 0.2) is 88.8 Å². The Kier molecular flexibility index (Phi) is 6.80. The Balaban J connectivity index is 1.51. The fourth-order valence-corrected chi connectivity index (χ4v) is 3.92. The normalized spacial score (nSPS) is 10.7. The molecule has 0 aliphatic rings. The predicted molar refractivity (Wildman–Crippen MR) is 124 cm³/mol. The van der Waals surface area contributed by atoms with Crippen LogP contribution >= 0.6 is 11.8 Å². The second-order valence-electron chi connectivity index (χ2n) is 7.09. The SMILES string of the molecule is O=C(CSc1nc2ccccc2c(=O)n1Cc1ccc(F)cc1)NNC(=O)c1ccccc1. The van der Waals surface area contributed by atoms with Crippen molar-refractivity contribution in [1.82, 2.24) is 20.4 Å². The van der Waals surface area contributed by atoms with E-state index in [1.165, 1.54) is 16.7 Å². The summed E-state index contributed by atoms with van der Waals surface area (Å²) in [5.74, 6) is -1.35. The van der Waals surface area contributed by atoms with Crippen LogP contribution in [0.3, 0.4) is 0 Å². The summed E-state index contributed by atoms with van der Waals surface area (Å²) in [4.78, 5) is 42.0. The summed E-state index contributed by atoms with van der Waals surface area (Å²) in [6, 6.07) is 21.3. The number of carbonyl (C=O) groups excluding carboxylic acids is 2. The number of aromatic nitrogens is 2. The van der Waals surface area contributed by atoms with Gasteiger partial charge in [0.15, 0.2) is 5.16 Å². The first-order chi connectivity index (χ1) is 16.0. The van der Waals surface area contributed by atoms with E-state index in [9.17, 15) is 18.8 Å². The first-order valence-corrected chi connectivity index (χ1v) is 11.0. The zero-order valence-corrected chi connectivity index (χ0v) is 18.1. The first kappa shape index (κ1) is 22.2. The van der Waals surface area contributed by atoms with Crippen LogP contribution in [0.25, 0.3) is 10.9 Å². The minimum absolute atomic E-state index is 0.0801. The van der Waals surface area contributed by atoms with E-state index < -0.39 is 11.8 Å². The molecule has 0 atom stereocenters. The van der Waals surface area contributed by atoms with E-state index in [1.54, 1.807) is 66.7 Å². The Morgan fingerprint density at radius 1 is 0.909 bits per heavy atom.